The number of hydrogen-bond donors (Lipinski definition) is 2. The maximum Gasteiger partial charge on any atom is 0.331 e. The van der Waals surface area contributed by atoms with E-state index in [-0.39, 0.29) is 10.8 Å². The number of carboxylic acids is 1. The lowest BCUT2D eigenvalue weighted by Crippen LogP contribution is -2.51. The Balaban J connectivity index is 1.89. The molecule has 7 heteroatoms. The molecule has 1 aliphatic carbocycles. The van der Waals surface area contributed by atoms with Crippen molar-refractivity contribution in [2.45, 2.75) is 42.9 Å². The quantitative estimate of drug-likeness (QED) is 0.669. The molecule has 0 heterocycles. The van der Waals surface area contributed by atoms with Crippen LogP contribution in [0, 0.1) is 5.92 Å². The van der Waals surface area contributed by atoms with Crippen LogP contribution in [0.25, 0.3) is 6.08 Å². The summed E-state index contributed by atoms with van der Waals surface area (Å²) >= 11 is 5.88. The fraction of sp³-hybridized carbons (Fsp3) is 0.318. The Morgan fingerprint density at radius 2 is 1.83 bits per heavy atom. The predicted octanol–water partition coefficient (Wildman–Crippen LogP) is 4.08. The van der Waals surface area contributed by atoms with Gasteiger partial charge in [-0.1, -0.05) is 36.7 Å². The molecule has 2 aromatic rings. The molecule has 0 saturated carbocycles. The molecular formula is C22H24ClNO4S. The van der Waals surface area contributed by atoms with E-state index in [1.807, 2.05) is 18.2 Å². The van der Waals surface area contributed by atoms with Gasteiger partial charge in [0.25, 0.3) is 0 Å². The maximum atomic E-state index is 13.2. The first kappa shape index (κ1) is 21.6. The number of rotatable bonds is 6. The third kappa shape index (κ3) is 4.10. The van der Waals surface area contributed by atoms with Crippen LogP contribution >= 0.6 is 11.6 Å². The molecule has 154 valence electrons. The van der Waals surface area contributed by atoms with E-state index in [0.29, 0.717) is 29.9 Å². The van der Waals surface area contributed by atoms with Crippen LogP contribution in [0.1, 0.15) is 37.0 Å². The van der Waals surface area contributed by atoms with Gasteiger partial charge in [-0.05, 0) is 79.1 Å². The Morgan fingerprint density at radius 1 is 1.21 bits per heavy atom. The molecule has 0 bridgehead atoms. The van der Waals surface area contributed by atoms with Crippen LogP contribution < -0.4 is 5.73 Å². The van der Waals surface area contributed by atoms with E-state index in [4.69, 9.17) is 17.3 Å². The summed E-state index contributed by atoms with van der Waals surface area (Å²) in [6.07, 6.45) is 3.15. The molecule has 2 unspecified atom stereocenters. The summed E-state index contributed by atoms with van der Waals surface area (Å²) in [6.45, 7) is 3.36. The van der Waals surface area contributed by atoms with Crippen LogP contribution in [0.4, 0.5) is 0 Å². The smallest absolute Gasteiger partial charge is 0.331 e. The van der Waals surface area contributed by atoms with E-state index >= 15 is 0 Å². The second kappa shape index (κ2) is 7.94. The maximum absolute atomic E-state index is 13.2. The second-order valence-electron chi connectivity index (χ2n) is 7.60. The van der Waals surface area contributed by atoms with E-state index in [0.717, 1.165) is 16.7 Å². The molecule has 2 aromatic carbocycles. The first-order valence-electron chi connectivity index (χ1n) is 9.41. The highest BCUT2D eigenvalue weighted by atomic mass is 35.5. The van der Waals surface area contributed by atoms with Crippen molar-refractivity contribution in [1.29, 1.82) is 0 Å². The highest BCUT2D eigenvalue weighted by Crippen LogP contribution is 2.38. The first-order chi connectivity index (χ1) is 13.6. The number of halogens is 1. The van der Waals surface area contributed by atoms with Gasteiger partial charge in [-0.25, -0.2) is 13.2 Å². The summed E-state index contributed by atoms with van der Waals surface area (Å²) in [6, 6.07) is 11.8. The zero-order chi connectivity index (χ0) is 21.4. The number of benzene rings is 2. The molecule has 2 atom stereocenters. The van der Waals surface area contributed by atoms with Crippen molar-refractivity contribution in [2.24, 2.45) is 11.7 Å². The minimum Gasteiger partial charge on any atom is -0.478 e. The van der Waals surface area contributed by atoms with E-state index < -0.39 is 20.7 Å². The van der Waals surface area contributed by atoms with Gasteiger partial charge >= 0.3 is 5.97 Å². The van der Waals surface area contributed by atoms with Crippen molar-refractivity contribution in [3.05, 3.63) is 69.8 Å². The predicted molar refractivity (Wildman–Crippen MR) is 114 cm³/mol. The van der Waals surface area contributed by atoms with Crippen molar-refractivity contribution >= 4 is 33.5 Å². The van der Waals surface area contributed by atoms with Crippen molar-refractivity contribution < 1.29 is 18.3 Å². The topological polar surface area (TPSA) is 97.5 Å². The van der Waals surface area contributed by atoms with Gasteiger partial charge in [0, 0.05) is 10.6 Å². The third-order valence-corrected chi connectivity index (χ3v) is 8.31. The fourth-order valence-electron chi connectivity index (χ4n) is 3.74. The van der Waals surface area contributed by atoms with Crippen molar-refractivity contribution in [3.8, 4) is 0 Å². The first-order valence-corrected chi connectivity index (χ1v) is 11.3. The average molecular weight is 434 g/mol. The number of carbonyl (C=O) groups is 1. The van der Waals surface area contributed by atoms with Crippen LogP contribution in [-0.2, 0) is 27.5 Å². The molecule has 0 saturated heterocycles. The molecular weight excluding hydrogens is 410 g/mol. The summed E-state index contributed by atoms with van der Waals surface area (Å²) in [7, 11) is -3.77. The Labute approximate surface area is 176 Å². The largest absolute Gasteiger partial charge is 0.478 e. The highest BCUT2D eigenvalue weighted by molar-refractivity contribution is 7.92. The highest BCUT2D eigenvalue weighted by Gasteiger charge is 2.45. The summed E-state index contributed by atoms with van der Waals surface area (Å²) in [4.78, 5) is 9.96. The Morgan fingerprint density at radius 3 is 2.41 bits per heavy atom. The summed E-state index contributed by atoms with van der Waals surface area (Å²) < 4.78 is 26.4. The zero-order valence-electron chi connectivity index (χ0n) is 16.4. The van der Waals surface area contributed by atoms with Crippen molar-refractivity contribution in [1.82, 2.24) is 0 Å². The van der Waals surface area contributed by atoms with Gasteiger partial charge in [0.05, 0.1) is 4.90 Å². The monoisotopic (exact) mass is 433 g/mol. The molecule has 0 radical (unpaired) electrons. The summed E-state index contributed by atoms with van der Waals surface area (Å²) in [5, 5.41) is 9.69. The molecule has 3 N–H and O–H groups in total. The van der Waals surface area contributed by atoms with Crippen molar-refractivity contribution in [2.75, 3.05) is 0 Å². The lowest BCUT2D eigenvalue weighted by Gasteiger charge is -2.31. The number of hydrogen-bond acceptors (Lipinski definition) is 4. The number of nitrogens with two attached hydrogens (primary N) is 1. The Bertz CT molecular complexity index is 1070. The van der Waals surface area contributed by atoms with E-state index in [1.165, 1.54) is 12.1 Å². The Hall–Kier alpha value is -2.15. The summed E-state index contributed by atoms with van der Waals surface area (Å²) in [5.41, 5.74) is 9.59. The molecule has 5 nitrogen and oxygen atoms in total. The number of aliphatic carboxylic acids is 1. The standard InChI is InChI=1S/C22H24ClNO4S/c1-3-15(21(25)26)10-14-4-5-16-12-18(13-17(16)11-14)22(2,24)29(27,28)20-8-6-19(23)7-9-20/h4-11,18H,3,12-13,24H2,1-2H3,(H,25,26). The van der Waals surface area contributed by atoms with Gasteiger partial charge < -0.3 is 10.8 Å². The second-order valence-corrected chi connectivity index (χ2v) is 10.4. The van der Waals surface area contributed by atoms with E-state index in [1.54, 1.807) is 32.1 Å². The van der Waals surface area contributed by atoms with Gasteiger partial charge in [-0.15, -0.1) is 0 Å². The SMILES string of the molecule is CCC(=Cc1ccc2c(c1)CC(C(C)(N)S(=O)(=O)c1ccc(Cl)cc1)C2)C(=O)O. The van der Waals surface area contributed by atoms with Crippen LogP contribution in [0.5, 0.6) is 0 Å². The van der Waals surface area contributed by atoms with Gasteiger partial charge in [0.15, 0.2) is 9.84 Å². The molecule has 0 fully saturated rings. The molecule has 0 aromatic heterocycles. The molecule has 29 heavy (non-hydrogen) atoms. The molecule has 0 amide bonds. The molecule has 0 spiro atoms. The minimum atomic E-state index is -3.77. The summed E-state index contributed by atoms with van der Waals surface area (Å²) in [5.74, 6) is -1.23. The van der Waals surface area contributed by atoms with Gasteiger partial charge in [-0.3, -0.25) is 0 Å². The van der Waals surface area contributed by atoms with E-state index in [2.05, 4.69) is 0 Å². The average Bonchev–Trinajstić information content (AvgIpc) is 3.10. The lowest BCUT2D eigenvalue weighted by atomic mass is 9.98. The fourth-order valence-corrected chi connectivity index (χ4v) is 5.47. The third-order valence-electron chi connectivity index (χ3n) is 5.67. The molecule has 1 aliphatic rings. The number of sulfone groups is 1. The molecule has 3 rings (SSSR count). The Kier molecular flexibility index (Phi) is 5.90. The van der Waals surface area contributed by atoms with Gasteiger partial charge in [0.1, 0.15) is 4.87 Å². The van der Waals surface area contributed by atoms with Crippen LogP contribution in [0.3, 0.4) is 0 Å². The van der Waals surface area contributed by atoms with Crippen molar-refractivity contribution in [3.63, 3.8) is 0 Å². The van der Waals surface area contributed by atoms with Crippen LogP contribution in [0.2, 0.25) is 5.02 Å². The van der Waals surface area contributed by atoms with Gasteiger partial charge in [0.2, 0.25) is 0 Å². The van der Waals surface area contributed by atoms with Crippen LogP contribution in [0.15, 0.2) is 52.9 Å². The number of carboxylic acid groups (broad SMARTS) is 1. The number of fused-ring (bicyclic) bond motifs is 1. The molecule has 0 aliphatic heterocycles. The van der Waals surface area contributed by atoms with Crippen LogP contribution in [-0.4, -0.2) is 24.4 Å². The lowest BCUT2D eigenvalue weighted by molar-refractivity contribution is -0.132. The minimum absolute atomic E-state index is 0.153. The zero-order valence-corrected chi connectivity index (χ0v) is 17.9. The van der Waals surface area contributed by atoms with Gasteiger partial charge in [-0.2, -0.15) is 0 Å². The van der Waals surface area contributed by atoms with E-state index in [9.17, 15) is 18.3 Å². The normalized spacial score (nSPS) is 18.9.